The number of hydrogen-bond acceptors (Lipinski definition) is 5. The van der Waals surface area contributed by atoms with Crippen molar-refractivity contribution in [3.63, 3.8) is 0 Å². The van der Waals surface area contributed by atoms with Gasteiger partial charge in [-0.25, -0.2) is 4.98 Å². The number of methoxy groups -OCH3 is 1. The molecule has 0 amide bonds. The molecule has 2 aromatic carbocycles. The molecular formula is C23H23BrIN3O3. The lowest BCUT2D eigenvalue weighted by molar-refractivity contribution is 0.324. The molecule has 0 unspecified atom stereocenters. The summed E-state index contributed by atoms with van der Waals surface area (Å²) in [4.78, 5) is 18.0. The normalized spacial score (nSPS) is 12.3. The van der Waals surface area contributed by atoms with Gasteiger partial charge in [0.15, 0.2) is 11.5 Å². The predicted octanol–water partition coefficient (Wildman–Crippen LogP) is 5.73. The van der Waals surface area contributed by atoms with E-state index in [0.717, 1.165) is 20.0 Å². The van der Waals surface area contributed by atoms with Gasteiger partial charge in [-0.2, -0.15) is 9.78 Å². The van der Waals surface area contributed by atoms with E-state index in [9.17, 15) is 4.79 Å². The molecule has 1 aromatic heterocycles. The van der Waals surface area contributed by atoms with Crippen LogP contribution in [-0.2, 0) is 0 Å². The maximum Gasteiger partial charge on any atom is 0.282 e. The summed E-state index contributed by atoms with van der Waals surface area (Å²) in [7, 11) is 1.59. The van der Waals surface area contributed by atoms with E-state index in [1.54, 1.807) is 25.5 Å². The molecule has 0 aliphatic carbocycles. The second kappa shape index (κ2) is 10.4. The largest absolute Gasteiger partial charge is 0.493 e. The van der Waals surface area contributed by atoms with Gasteiger partial charge in [0.05, 0.1) is 27.8 Å². The van der Waals surface area contributed by atoms with E-state index in [2.05, 4.69) is 57.1 Å². The van der Waals surface area contributed by atoms with Crippen molar-refractivity contribution in [1.82, 2.24) is 9.66 Å². The van der Waals surface area contributed by atoms with Gasteiger partial charge in [0.1, 0.15) is 12.4 Å². The zero-order chi connectivity index (χ0) is 22.5. The number of fused-ring (bicyclic) bond motifs is 1. The van der Waals surface area contributed by atoms with Crippen molar-refractivity contribution in [1.29, 1.82) is 0 Å². The molecule has 8 heteroatoms. The van der Waals surface area contributed by atoms with Crippen LogP contribution in [0.3, 0.4) is 0 Å². The summed E-state index contributed by atoms with van der Waals surface area (Å²) in [6.45, 7) is 8.16. The quantitative estimate of drug-likeness (QED) is 0.189. The van der Waals surface area contributed by atoms with E-state index in [1.807, 2.05) is 31.2 Å². The molecule has 31 heavy (non-hydrogen) atoms. The number of ether oxygens (including phenoxy) is 2. The second-order valence-corrected chi connectivity index (χ2v) is 9.01. The number of benzene rings is 2. The number of hydrogen-bond donors (Lipinski definition) is 0. The number of aromatic nitrogens is 2. The molecule has 0 bridgehead atoms. The molecule has 0 saturated carbocycles. The summed E-state index contributed by atoms with van der Waals surface area (Å²) < 4.78 is 14.3. The standard InChI is InChI=1S/C23H23BrIN3O3/c1-5-9-31-21-18(25)10-15(11-20(21)30-4)13-26-28-22(14(3)6-2)27-19-8-7-16(24)12-17(19)23(28)29/h5,7-8,10-14H,1,6,9H2,2-4H3/t14-/m0/s1. The van der Waals surface area contributed by atoms with Gasteiger partial charge in [0, 0.05) is 10.4 Å². The number of halogens is 2. The summed E-state index contributed by atoms with van der Waals surface area (Å²) in [6.07, 6.45) is 4.16. The zero-order valence-corrected chi connectivity index (χ0v) is 21.3. The Kier molecular flexibility index (Phi) is 7.88. The highest BCUT2D eigenvalue weighted by molar-refractivity contribution is 14.1. The minimum absolute atomic E-state index is 0.0715. The van der Waals surface area contributed by atoms with Gasteiger partial charge in [0.2, 0.25) is 0 Å². The van der Waals surface area contributed by atoms with Gasteiger partial charge in [-0.05, 0) is 64.9 Å². The van der Waals surface area contributed by atoms with Crippen LogP contribution in [0.5, 0.6) is 11.5 Å². The lowest BCUT2D eigenvalue weighted by Crippen LogP contribution is -2.23. The monoisotopic (exact) mass is 595 g/mol. The van der Waals surface area contributed by atoms with Crippen LogP contribution >= 0.6 is 38.5 Å². The fourth-order valence-electron chi connectivity index (χ4n) is 3.00. The Balaban J connectivity index is 2.12. The zero-order valence-electron chi connectivity index (χ0n) is 17.6. The van der Waals surface area contributed by atoms with Crippen LogP contribution in [0.2, 0.25) is 0 Å². The molecular weight excluding hydrogens is 573 g/mol. The van der Waals surface area contributed by atoms with E-state index in [1.165, 1.54) is 4.68 Å². The minimum Gasteiger partial charge on any atom is -0.493 e. The lowest BCUT2D eigenvalue weighted by atomic mass is 10.1. The second-order valence-electron chi connectivity index (χ2n) is 6.94. The molecule has 0 fully saturated rings. The van der Waals surface area contributed by atoms with Crippen molar-refractivity contribution in [3.05, 3.63) is 72.8 Å². The first-order chi connectivity index (χ1) is 14.9. The SMILES string of the molecule is C=CCOc1c(I)cc(C=Nn2c([C@@H](C)CC)nc3ccc(Br)cc3c2=O)cc1OC. The van der Waals surface area contributed by atoms with E-state index in [0.29, 0.717) is 34.8 Å². The van der Waals surface area contributed by atoms with Crippen LogP contribution in [0.15, 0.2) is 57.4 Å². The van der Waals surface area contributed by atoms with Crippen molar-refractivity contribution in [2.45, 2.75) is 26.2 Å². The Bertz CT molecular complexity index is 1210. The maximum absolute atomic E-state index is 13.2. The molecule has 0 aliphatic rings. The van der Waals surface area contributed by atoms with Crippen LogP contribution in [-0.4, -0.2) is 29.6 Å². The average Bonchev–Trinajstić information content (AvgIpc) is 2.77. The summed E-state index contributed by atoms with van der Waals surface area (Å²) in [5.74, 6) is 1.94. The van der Waals surface area contributed by atoms with Crippen LogP contribution in [0.4, 0.5) is 0 Å². The molecule has 1 atom stereocenters. The third-order valence-electron chi connectivity index (χ3n) is 4.81. The Labute approximate surface area is 203 Å². The lowest BCUT2D eigenvalue weighted by Gasteiger charge is -2.14. The first-order valence-corrected chi connectivity index (χ1v) is 11.6. The Morgan fingerprint density at radius 1 is 1.35 bits per heavy atom. The summed E-state index contributed by atoms with van der Waals surface area (Å²) >= 11 is 5.62. The molecule has 162 valence electrons. The van der Waals surface area contributed by atoms with Gasteiger partial charge in [-0.1, -0.05) is 42.4 Å². The Hall–Kier alpha value is -2.20. The van der Waals surface area contributed by atoms with Crippen LogP contribution in [0.1, 0.15) is 37.6 Å². The Morgan fingerprint density at radius 3 is 2.81 bits per heavy atom. The van der Waals surface area contributed by atoms with Gasteiger partial charge < -0.3 is 9.47 Å². The molecule has 6 nitrogen and oxygen atoms in total. The van der Waals surface area contributed by atoms with E-state index in [-0.39, 0.29) is 11.5 Å². The molecule has 0 N–H and O–H groups in total. The van der Waals surface area contributed by atoms with Gasteiger partial charge in [-0.3, -0.25) is 4.79 Å². The summed E-state index contributed by atoms with van der Waals surface area (Å²) in [5.41, 5.74) is 1.24. The molecule has 1 heterocycles. The van der Waals surface area contributed by atoms with Crippen molar-refractivity contribution < 1.29 is 9.47 Å². The number of rotatable bonds is 8. The predicted molar refractivity (Wildman–Crippen MR) is 137 cm³/mol. The number of nitrogens with zero attached hydrogens (tertiary/aromatic N) is 3. The highest BCUT2D eigenvalue weighted by Crippen LogP contribution is 2.33. The van der Waals surface area contributed by atoms with Gasteiger partial charge in [-0.15, -0.1) is 0 Å². The molecule has 3 rings (SSSR count). The highest BCUT2D eigenvalue weighted by Gasteiger charge is 2.16. The first kappa shape index (κ1) is 23.5. The van der Waals surface area contributed by atoms with Crippen molar-refractivity contribution in [3.8, 4) is 11.5 Å². The fourth-order valence-corrected chi connectivity index (χ4v) is 4.14. The van der Waals surface area contributed by atoms with Gasteiger partial charge >= 0.3 is 0 Å². The molecule has 0 saturated heterocycles. The maximum atomic E-state index is 13.2. The van der Waals surface area contributed by atoms with Crippen LogP contribution < -0.4 is 15.0 Å². The first-order valence-electron chi connectivity index (χ1n) is 9.77. The van der Waals surface area contributed by atoms with Crippen molar-refractivity contribution in [2.75, 3.05) is 13.7 Å². The third kappa shape index (κ3) is 5.17. The van der Waals surface area contributed by atoms with Gasteiger partial charge in [0.25, 0.3) is 5.56 Å². The Morgan fingerprint density at radius 2 is 2.13 bits per heavy atom. The smallest absolute Gasteiger partial charge is 0.282 e. The minimum atomic E-state index is -0.203. The summed E-state index contributed by atoms with van der Waals surface area (Å²) in [5, 5.41) is 5.03. The molecule has 0 spiro atoms. The fraction of sp³-hybridized carbons (Fsp3) is 0.261. The average molecular weight is 596 g/mol. The summed E-state index contributed by atoms with van der Waals surface area (Å²) in [6, 6.07) is 9.24. The molecule has 0 radical (unpaired) electrons. The molecule has 0 aliphatic heterocycles. The van der Waals surface area contributed by atoms with Crippen molar-refractivity contribution in [2.24, 2.45) is 5.10 Å². The van der Waals surface area contributed by atoms with E-state index in [4.69, 9.17) is 14.5 Å². The van der Waals surface area contributed by atoms with Crippen molar-refractivity contribution >= 4 is 55.6 Å². The topological polar surface area (TPSA) is 65.7 Å². The third-order valence-corrected chi connectivity index (χ3v) is 6.10. The van der Waals surface area contributed by atoms with Crippen LogP contribution in [0.25, 0.3) is 10.9 Å². The van der Waals surface area contributed by atoms with E-state index < -0.39 is 0 Å². The highest BCUT2D eigenvalue weighted by atomic mass is 127. The molecule has 3 aromatic rings. The van der Waals surface area contributed by atoms with Crippen LogP contribution in [0, 0.1) is 3.57 Å². The van der Waals surface area contributed by atoms with E-state index >= 15 is 0 Å².